The monoisotopic (exact) mass is 333 g/mol. The first kappa shape index (κ1) is 17.9. The number of benzene rings is 2. The van der Waals surface area contributed by atoms with Crippen molar-refractivity contribution in [1.82, 2.24) is 5.32 Å². The minimum atomic E-state index is -0.851. The zero-order chi connectivity index (χ0) is 17.5. The van der Waals surface area contributed by atoms with E-state index in [1.165, 1.54) is 18.2 Å². The quantitative estimate of drug-likeness (QED) is 0.552. The highest BCUT2D eigenvalue weighted by atomic mass is 16.5. The van der Waals surface area contributed by atoms with E-state index >= 15 is 0 Å². The van der Waals surface area contributed by atoms with Crippen LogP contribution in [0.25, 0.3) is 0 Å². The Hall–Kier alpha value is -2.44. The number of hydrogen-bond donors (Lipinski definition) is 4. The number of phenols is 2. The van der Waals surface area contributed by atoms with E-state index in [2.05, 4.69) is 5.32 Å². The topological polar surface area (TPSA) is 91.2 Å². The van der Waals surface area contributed by atoms with Crippen LogP contribution in [0.3, 0.4) is 0 Å². The summed E-state index contributed by atoms with van der Waals surface area (Å²) in [5.74, 6) is 1.21. The smallest absolute Gasteiger partial charge is 0.160 e. The molecule has 2 rings (SSSR count). The standard InChI is InChI=1S/C18H23NO5/c1-23-17-6-3-12(9-18(17)24-2)7-8-19-11-16(22)14-5-4-13(20)10-15(14)21/h3-6,9-10,16,19-22H,7-8,11H2,1-2H3/t16-/m0/s1. The van der Waals surface area contributed by atoms with Gasteiger partial charge >= 0.3 is 0 Å². The Kier molecular flexibility index (Phi) is 6.28. The number of methoxy groups -OCH3 is 2. The van der Waals surface area contributed by atoms with Crippen LogP contribution in [0.4, 0.5) is 0 Å². The molecule has 6 nitrogen and oxygen atoms in total. The number of nitrogens with one attached hydrogen (secondary N) is 1. The average Bonchev–Trinajstić information content (AvgIpc) is 2.58. The highest BCUT2D eigenvalue weighted by Gasteiger charge is 2.12. The van der Waals surface area contributed by atoms with Crippen molar-refractivity contribution in [3.8, 4) is 23.0 Å². The molecule has 0 fully saturated rings. The van der Waals surface area contributed by atoms with Gasteiger partial charge < -0.3 is 30.1 Å². The summed E-state index contributed by atoms with van der Waals surface area (Å²) >= 11 is 0. The molecule has 0 aliphatic rings. The first-order valence-electron chi connectivity index (χ1n) is 7.66. The maximum atomic E-state index is 10.1. The molecule has 1 atom stereocenters. The summed E-state index contributed by atoms with van der Waals surface area (Å²) in [6.45, 7) is 0.955. The molecule has 0 saturated heterocycles. The van der Waals surface area contributed by atoms with Gasteiger partial charge in [-0.25, -0.2) is 0 Å². The normalized spacial score (nSPS) is 12.0. The molecule has 0 bridgehead atoms. The van der Waals surface area contributed by atoms with Crippen molar-refractivity contribution in [2.75, 3.05) is 27.3 Å². The van der Waals surface area contributed by atoms with Gasteiger partial charge in [-0.1, -0.05) is 6.07 Å². The van der Waals surface area contributed by atoms with Crippen LogP contribution >= 0.6 is 0 Å². The molecule has 2 aromatic carbocycles. The Bertz CT molecular complexity index is 674. The van der Waals surface area contributed by atoms with E-state index in [1.807, 2.05) is 18.2 Å². The summed E-state index contributed by atoms with van der Waals surface area (Å²) in [7, 11) is 3.19. The minimum Gasteiger partial charge on any atom is -0.508 e. The molecular weight excluding hydrogens is 310 g/mol. The van der Waals surface area contributed by atoms with Crippen LogP contribution in [0.1, 0.15) is 17.2 Å². The predicted octanol–water partition coefficient (Wildman–Crippen LogP) is 1.98. The number of aliphatic hydroxyl groups is 1. The lowest BCUT2D eigenvalue weighted by atomic mass is 10.1. The fraction of sp³-hybridized carbons (Fsp3) is 0.333. The van der Waals surface area contributed by atoms with E-state index in [-0.39, 0.29) is 11.5 Å². The minimum absolute atomic E-state index is 0.0372. The molecular formula is C18H23NO5. The number of rotatable bonds is 8. The molecule has 6 heteroatoms. The summed E-state index contributed by atoms with van der Waals surface area (Å²) in [5, 5.41) is 32.2. The molecule has 130 valence electrons. The Balaban J connectivity index is 1.84. The van der Waals surface area contributed by atoms with Crippen molar-refractivity contribution in [3.05, 3.63) is 47.5 Å². The van der Waals surface area contributed by atoms with Crippen molar-refractivity contribution in [2.45, 2.75) is 12.5 Å². The zero-order valence-corrected chi connectivity index (χ0v) is 13.8. The molecule has 4 N–H and O–H groups in total. The van der Waals surface area contributed by atoms with E-state index in [0.717, 1.165) is 12.0 Å². The summed E-state index contributed by atoms with van der Waals surface area (Å²) in [4.78, 5) is 0. The second-order valence-corrected chi connectivity index (χ2v) is 5.40. The average molecular weight is 333 g/mol. The fourth-order valence-electron chi connectivity index (χ4n) is 2.43. The number of aromatic hydroxyl groups is 2. The Morgan fingerprint density at radius 1 is 1.00 bits per heavy atom. The molecule has 0 heterocycles. The summed E-state index contributed by atoms with van der Waals surface area (Å²) in [5.41, 5.74) is 1.47. The van der Waals surface area contributed by atoms with Gasteiger partial charge in [0, 0.05) is 18.2 Å². The van der Waals surface area contributed by atoms with E-state index in [4.69, 9.17) is 9.47 Å². The van der Waals surface area contributed by atoms with Crippen LogP contribution in [-0.2, 0) is 6.42 Å². The summed E-state index contributed by atoms with van der Waals surface area (Å²) in [6.07, 6.45) is -0.0924. The summed E-state index contributed by atoms with van der Waals surface area (Å²) < 4.78 is 10.5. The highest BCUT2D eigenvalue weighted by Crippen LogP contribution is 2.28. The third-order valence-electron chi connectivity index (χ3n) is 3.75. The lowest BCUT2D eigenvalue weighted by Gasteiger charge is -2.14. The third kappa shape index (κ3) is 4.53. The van der Waals surface area contributed by atoms with E-state index in [1.54, 1.807) is 14.2 Å². The van der Waals surface area contributed by atoms with Crippen molar-refractivity contribution in [1.29, 1.82) is 0 Å². The molecule has 0 aliphatic heterocycles. The third-order valence-corrected chi connectivity index (χ3v) is 3.75. The number of ether oxygens (including phenoxy) is 2. The molecule has 0 radical (unpaired) electrons. The van der Waals surface area contributed by atoms with Gasteiger partial charge in [-0.2, -0.15) is 0 Å². The van der Waals surface area contributed by atoms with Gasteiger partial charge in [0.1, 0.15) is 11.5 Å². The van der Waals surface area contributed by atoms with E-state index in [0.29, 0.717) is 30.2 Å². The van der Waals surface area contributed by atoms with Crippen LogP contribution in [0, 0.1) is 0 Å². The molecule has 24 heavy (non-hydrogen) atoms. The van der Waals surface area contributed by atoms with E-state index in [9.17, 15) is 15.3 Å². The lowest BCUT2D eigenvalue weighted by molar-refractivity contribution is 0.171. The van der Waals surface area contributed by atoms with Crippen molar-refractivity contribution >= 4 is 0 Å². The van der Waals surface area contributed by atoms with Gasteiger partial charge in [0.2, 0.25) is 0 Å². The van der Waals surface area contributed by atoms with Crippen LogP contribution in [0.5, 0.6) is 23.0 Å². The molecule has 0 aliphatic carbocycles. The molecule has 0 unspecified atom stereocenters. The van der Waals surface area contributed by atoms with Gasteiger partial charge in [0.15, 0.2) is 11.5 Å². The number of hydrogen-bond acceptors (Lipinski definition) is 6. The molecule has 2 aromatic rings. The van der Waals surface area contributed by atoms with Gasteiger partial charge in [-0.3, -0.25) is 0 Å². The predicted molar refractivity (Wildman–Crippen MR) is 90.9 cm³/mol. The van der Waals surface area contributed by atoms with E-state index < -0.39 is 6.10 Å². The number of phenolic OH excluding ortho intramolecular Hbond substituents is 2. The SMILES string of the molecule is COc1ccc(CCNC[C@H](O)c2ccc(O)cc2O)cc1OC. The fourth-order valence-corrected chi connectivity index (χ4v) is 2.43. The summed E-state index contributed by atoms with van der Waals surface area (Å²) in [6, 6.07) is 9.89. The lowest BCUT2D eigenvalue weighted by Crippen LogP contribution is -2.23. The number of aliphatic hydroxyl groups excluding tert-OH is 1. The van der Waals surface area contributed by atoms with Crippen LogP contribution in [-0.4, -0.2) is 42.6 Å². The maximum Gasteiger partial charge on any atom is 0.160 e. The van der Waals surface area contributed by atoms with Gasteiger partial charge in [0.05, 0.1) is 20.3 Å². The Morgan fingerprint density at radius 3 is 2.42 bits per heavy atom. The van der Waals surface area contributed by atoms with Crippen molar-refractivity contribution in [2.24, 2.45) is 0 Å². The second-order valence-electron chi connectivity index (χ2n) is 5.40. The van der Waals surface area contributed by atoms with Crippen LogP contribution in [0.15, 0.2) is 36.4 Å². The maximum absolute atomic E-state index is 10.1. The van der Waals surface area contributed by atoms with Crippen LogP contribution in [0.2, 0.25) is 0 Å². The molecule has 0 spiro atoms. The molecule has 0 amide bonds. The first-order valence-corrected chi connectivity index (χ1v) is 7.66. The van der Waals surface area contributed by atoms with Gasteiger partial charge in [-0.15, -0.1) is 0 Å². The largest absolute Gasteiger partial charge is 0.508 e. The van der Waals surface area contributed by atoms with Gasteiger partial charge in [0.25, 0.3) is 0 Å². The highest BCUT2D eigenvalue weighted by molar-refractivity contribution is 5.43. The van der Waals surface area contributed by atoms with Gasteiger partial charge in [-0.05, 0) is 42.8 Å². The zero-order valence-electron chi connectivity index (χ0n) is 13.8. The molecule has 0 aromatic heterocycles. The van der Waals surface area contributed by atoms with Crippen LogP contribution < -0.4 is 14.8 Å². The Labute approximate surface area is 141 Å². The molecule has 0 saturated carbocycles. The van der Waals surface area contributed by atoms with Crippen molar-refractivity contribution in [3.63, 3.8) is 0 Å². The first-order chi connectivity index (χ1) is 11.5. The second kappa shape index (κ2) is 8.42. The Morgan fingerprint density at radius 2 is 1.75 bits per heavy atom. The van der Waals surface area contributed by atoms with Crippen molar-refractivity contribution < 1.29 is 24.8 Å².